The van der Waals surface area contributed by atoms with E-state index < -0.39 is 0 Å². The Balaban J connectivity index is 2.29. The van der Waals surface area contributed by atoms with Crippen LogP contribution >= 0.6 is 0 Å². The van der Waals surface area contributed by atoms with Crippen LogP contribution in [0.5, 0.6) is 0 Å². The van der Waals surface area contributed by atoms with Gasteiger partial charge in [-0.25, -0.2) is 0 Å². The van der Waals surface area contributed by atoms with Crippen LogP contribution in [0.3, 0.4) is 0 Å². The Hall–Kier alpha value is -0.780. The highest BCUT2D eigenvalue weighted by Gasteiger charge is 2.41. The molecule has 0 amide bonds. The zero-order chi connectivity index (χ0) is 12.7. The van der Waals surface area contributed by atoms with E-state index in [0.29, 0.717) is 5.41 Å². The number of benzene rings is 1. The molecule has 0 N–H and O–H groups in total. The lowest BCUT2D eigenvalue weighted by atomic mass is 9.58. The van der Waals surface area contributed by atoms with Gasteiger partial charge in [0.05, 0.1) is 0 Å². The zero-order valence-corrected chi connectivity index (χ0v) is 12.0. The molecule has 0 nitrogen and oxygen atoms in total. The van der Waals surface area contributed by atoms with Gasteiger partial charge >= 0.3 is 0 Å². The average molecular weight is 230 g/mol. The molecular formula is C17H26. The molecular weight excluding hydrogens is 204 g/mol. The molecule has 0 radical (unpaired) electrons. The van der Waals surface area contributed by atoms with Gasteiger partial charge in [0.15, 0.2) is 0 Å². The molecule has 0 saturated heterocycles. The van der Waals surface area contributed by atoms with Gasteiger partial charge < -0.3 is 0 Å². The molecule has 17 heavy (non-hydrogen) atoms. The Bertz CT molecular complexity index is 371. The average Bonchev–Trinajstić information content (AvgIpc) is 2.14. The Morgan fingerprint density at radius 3 is 1.82 bits per heavy atom. The van der Waals surface area contributed by atoms with E-state index in [1.165, 1.54) is 24.8 Å². The van der Waals surface area contributed by atoms with Crippen LogP contribution in [0.2, 0.25) is 0 Å². The van der Waals surface area contributed by atoms with Gasteiger partial charge in [0.25, 0.3) is 0 Å². The maximum atomic E-state index is 2.37. The van der Waals surface area contributed by atoms with Crippen molar-refractivity contribution in [3.63, 3.8) is 0 Å². The fourth-order valence-corrected chi connectivity index (χ4v) is 3.06. The van der Waals surface area contributed by atoms with E-state index in [2.05, 4.69) is 58.9 Å². The maximum Gasteiger partial charge on any atom is -0.00240 e. The van der Waals surface area contributed by atoms with Gasteiger partial charge in [0, 0.05) is 0 Å². The van der Waals surface area contributed by atoms with Crippen molar-refractivity contribution < 1.29 is 0 Å². The molecule has 0 spiro atoms. The third-order valence-corrected chi connectivity index (χ3v) is 4.68. The monoisotopic (exact) mass is 230 g/mol. The lowest BCUT2D eigenvalue weighted by molar-refractivity contribution is 0.169. The first-order valence-electron chi connectivity index (χ1n) is 6.97. The van der Waals surface area contributed by atoms with Gasteiger partial charge in [-0.3, -0.25) is 0 Å². The molecule has 1 aromatic carbocycles. The molecule has 0 bridgehead atoms. The van der Waals surface area contributed by atoms with E-state index in [1.54, 1.807) is 5.56 Å². The van der Waals surface area contributed by atoms with Crippen LogP contribution in [-0.4, -0.2) is 0 Å². The molecule has 0 aliphatic heterocycles. The van der Waals surface area contributed by atoms with E-state index in [1.807, 2.05) is 0 Å². The highest BCUT2D eigenvalue weighted by atomic mass is 14.4. The fourth-order valence-electron chi connectivity index (χ4n) is 3.06. The first-order valence-corrected chi connectivity index (χ1v) is 6.97. The van der Waals surface area contributed by atoms with Gasteiger partial charge in [-0.15, -0.1) is 0 Å². The van der Waals surface area contributed by atoms with Crippen molar-refractivity contribution in [3.8, 4) is 0 Å². The van der Waals surface area contributed by atoms with Crippen LogP contribution in [0.4, 0.5) is 0 Å². The molecule has 0 unspecified atom stereocenters. The maximum absolute atomic E-state index is 2.37. The summed E-state index contributed by atoms with van der Waals surface area (Å²) in [5, 5.41) is 0. The van der Waals surface area contributed by atoms with Crippen molar-refractivity contribution in [1.82, 2.24) is 0 Å². The highest BCUT2D eigenvalue weighted by Crippen LogP contribution is 2.49. The summed E-state index contributed by atoms with van der Waals surface area (Å²) >= 11 is 0. The fraction of sp³-hybridized carbons (Fsp3) is 0.647. The van der Waals surface area contributed by atoms with Crippen LogP contribution in [0.25, 0.3) is 0 Å². The first-order chi connectivity index (χ1) is 7.86. The second-order valence-electron chi connectivity index (χ2n) is 6.99. The summed E-state index contributed by atoms with van der Waals surface area (Å²) < 4.78 is 0. The molecule has 0 heterocycles. The van der Waals surface area contributed by atoms with Crippen LogP contribution in [0.15, 0.2) is 24.3 Å². The molecule has 1 saturated carbocycles. The third kappa shape index (κ3) is 2.14. The first kappa shape index (κ1) is 12.7. The normalized spacial score (nSPS) is 19.2. The van der Waals surface area contributed by atoms with Gasteiger partial charge in [-0.2, -0.15) is 0 Å². The summed E-state index contributed by atoms with van der Waals surface area (Å²) in [6, 6.07) is 9.41. The second kappa shape index (κ2) is 4.15. The van der Waals surface area contributed by atoms with Crippen molar-refractivity contribution in [3.05, 3.63) is 35.4 Å². The van der Waals surface area contributed by atoms with E-state index in [9.17, 15) is 0 Å². The largest absolute Gasteiger partial charge is 0.0619 e. The standard InChI is InChI=1S/C17H26/c1-13(2)17(11-6-12-17)15-9-7-14(8-10-15)16(3,4)5/h7-10,13H,6,11-12H2,1-5H3. The van der Waals surface area contributed by atoms with Crippen LogP contribution < -0.4 is 0 Å². The minimum absolute atomic E-state index is 0.267. The molecule has 0 atom stereocenters. The molecule has 1 aromatic rings. The predicted molar refractivity (Wildman–Crippen MR) is 75.5 cm³/mol. The van der Waals surface area contributed by atoms with Crippen LogP contribution in [-0.2, 0) is 10.8 Å². The molecule has 2 rings (SSSR count). The third-order valence-electron chi connectivity index (χ3n) is 4.68. The summed E-state index contributed by atoms with van der Waals surface area (Å²) in [7, 11) is 0. The SMILES string of the molecule is CC(C)C1(c2ccc(C(C)(C)C)cc2)CCC1. The number of hydrogen-bond acceptors (Lipinski definition) is 0. The van der Waals surface area contributed by atoms with Gasteiger partial charge in [0.1, 0.15) is 0 Å². The van der Waals surface area contributed by atoms with Crippen LogP contribution in [0.1, 0.15) is 65.0 Å². The van der Waals surface area contributed by atoms with E-state index in [-0.39, 0.29) is 5.41 Å². The van der Waals surface area contributed by atoms with Gasteiger partial charge in [0.2, 0.25) is 0 Å². The molecule has 1 aliphatic carbocycles. The molecule has 94 valence electrons. The molecule has 0 aromatic heterocycles. The topological polar surface area (TPSA) is 0 Å². The minimum atomic E-state index is 0.267. The summed E-state index contributed by atoms with van der Waals surface area (Å²) in [4.78, 5) is 0. The second-order valence-corrected chi connectivity index (χ2v) is 6.99. The van der Waals surface area contributed by atoms with Crippen molar-refractivity contribution in [1.29, 1.82) is 0 Å². The summed E-state index contributed by atoms with van der Waals surface area (Å²) in [5.41, 5.74) is 3.76. The summed E-state index contributed by atoms with van der Waals surface area (Å²) in [6.45, 7) is 11.6. The number of hydrogen-bond donors (Lipinski definition) is 0. The Morgan fingerprint density at radius 2 is 1.53 bits per heavy atom. The highest BCUT2D eigenvalue weighted by molar-refractivity contribution is 5.34. The zero-order valence-electron chi connectivity index (χ0n) is 12.0. The van der Waals surface area contributed by atoms with E-state index in [4.69, 9.17) is 0 Å². The molecule has 1 aliphatic rings. The van der Waals surface area contributed by atoms with Crippen molar-refractivity contribution in [2.24, 2.45) is 5.92 Å². The van der Waals surface area contributed by atoms with E-state index in [0.717, 1.165) is 5.92 Å². The van der Waals surface area contributed by atoms with Gasteiger partial charge in [-0.05, 0) is 40.7 Å². The quantitative estimate of drug-likeness (QED) is 0.666. The Labute approximate surface area is 106 Å². The summed E-state index contributed by atoms with van der Waals surface area (Å²) in [6.07, 6.45) is 4.15. The summed E-state index contributed by atoms with van der Waals surface area (Å²) in [5.74, 6) is 0.761. The smallest absolute Gasteiger partial charge is 0.00240 e. The van der Waals surface area contributed by atoms with E-state index >= 15 is 0 Å². The molecule has 0 heteroatoms. The lowest BCUT2D eigenvalue weighted by Gasteiger charge is -2.46. The minimum Gasteiger partial charge on any atom is -0.0619 e. The Morgan fingerprint density at radius 1 is 1.00 bits per heavy atom. The number of rotatable bonds is 2. The van der Waals surface area contributed by atoms with Gasteiger partial charge in [-0.1, -0.05) is 65.3 Å². The molecule has 1 fully saturated rings. The van der Waals surface area contributed by atoms with Crippen molar-refractivity contribution >= 4 is 0 Å². The van der Waals surface area contributed by atoms with Crippen molar-refractivity contribution in [2.45, 2.75) is 64.7 Å². The predicted octanol–water partition coefficient (Wildman–Crippen LogP) is 5.06. The van der Waals surface area contributed by atoms with Crippen molar-refractivity contribution in [2.75, 3.05) is 0 Å². The van der Waals surface area contributed by atoms with Crippen LogP contribution in [0, 0.1) is 5.92 Å². The lowest BCUT2D eigenvalue weighted by Crippen LogP contribution is -2.39. The Kier molecular flexibility index (Phi) is 3.10.